The minimum atomic E-state index is -4.50. The maximum Gasteiger partial charge on any atom is 0.417 e. The quantitative estimate of drug-likeness (QED) is 0.527. The van der Waals surface area contributed by atoms with Crippen LogP contribution in [-0.4, -0.2) is 33.2 Å². The number of carbonyl (C=O) groups is 2. The Balaban J connectivity index is 1.65. The van der Waals surface area contributed by atoms with Crippen LogP contribution in [-0.2, 0) is 15.7 Å². The van der Waals surface area contributed by atoms with E-state index in [0.717, 1.165) is 22.2 Å². The van der Waals surface area contributed by atoms with Gasteiger partial charge in [0.2, 0.25) is 0 Å². The Kier molecular flexibility index (Phi) is 6.44. The zero-order chi connectivity index (χ0) is 22.8. The molecule has 1 amide bonds. The van der Waals surface area contributed by atoms with Crippen molar-refractivity contribution >= 4 is 33.5 Å². The van der Waals surface area contributed by atoms with Crippen molar-refractivity contribution < 1.29 is 27.5 Å². The lowest BCUT2D eigenvalue weighted by Crippen LogP contribution is -2.21. The minimum absolute atomic E-state index is 0.0642. The maximum atomic E-state index is 12.7. The molecule has 0 saturated heterocycles. The van der Waals surface area contributed by atoms with Crippen molar-refractivity contribution in [2.75, 3.05) is 11.9 Å². The first-order valence-electron chi connectivity index (χ1n) is 8.87. The van der Waals surface area contributed by atoms with Crippen LogP contribution in [0.1, 0.15) is 27.2 Å². The van der Waals surface area contributed by atoms with Crippen molar-refractivity contribution in [1.82, 2.24) is 14.8 Å². The number of hydrogen-bond donors (Lipinski definition) is 1. The molecule has 0 aliphatic rings. The number of anilines is 1. The number of halogens is 4. The van der Waals surface area contributed by atoms with Crippen LogP contribution in [0.4, 0.5) is 18.9 Å². The number of alkyl halides is 3. The predicted octanol–water partition coefficient (Wildman–Crippen LogP) is 4.46. The largest absolute Gasteiger partial charge is 0.452 e. The third-order valence-corrected chi connectivity index (χ3v) is 4.81. The first kappa shape index (κ1) is 22.5. The van der Waals surface area contributed by atoms with Crippen LogP contribution in [0, 0.1) is 13.8 Å². The second-order valence-corrected chi connectivity index (χ2v) is 7.46. The van der Waals surface area contributed by atoms with Crippen molar-refractivity contribution in [3.8, 4) is 5.82 Å². The number of pyridine rings is 1. The van der Waals surface area contributed by atoms with Gasteiger partial charge in [0, 0.05) is 16.4 Å². The molecule has 0 radical (unpaired) electrons. The monoisotopic (exact) mass is 496 g/mol. The van der Waals surface area contributed by atoms with Gasteiger partial charge in [-0.15, -0.1) is 0 Å². The molecule has 2 aromatic heterocycles. The molecule has 3 rings (SSSR count). The molecule has 162 valence electrons. The number of aromatic nitrogens is 3. The van der Waals surface area contributed by atoms with Crippen LogP contribution in [0.2, 0.25) is 0 Å². The van der Waals surface area contributed by atoms with Crippen LogP contribution in [0.25, 0.3) is 5.82 Å². The van der Waals surface area contributed by atoms with Gasteiger partial charge in [0.15, 0.2) is 12.4 Å². The molecule has 0 saturated carbocycles. The summed E-state index contributed by atoms with van der Waals surface area (Å²) in [5, 5.41) is 6.63. The second-order valence-electron chi connectivity index (χ2n) is 6.54. The number of carbonyl (C=O) groups excluding carboxylic acids is 2. The molecular formula is C20H16BrF3N4O3. The number of hydrogen-bond acceptors (Lipinski definition) is 5. The van der Waals surface area contributed by atoms with E-state index in [2.05, 4.69) is 31.3 Å². The highest BCUT2D eigenvalue weighted by molar-refractivity contribution is 9.10. The van der Waals surface area contributed by atoms with Crippen LogP contribution < -0.4 is 5.32 Å². The van der Waals surface area contributed by atoms with E-state index in [-0.39, 0.29) is 11.4 Å². The van der Waals surface area contributed by atoms with E-state index in [0.29, 0.717) is 17.6 Å². The van der Waals surface area contributed by atoms with Gasteiger partial charge in [0.25, 0.3) is 5.91 Å². The molecule has 0 bridgehead atoms. The Hall–Kier alpha value is -3.21. The van der Waals surface area contributed by atoms with Crippen LogP contribution in [0.5, 0.6) is 0 Å². The van der Waals surface area contributed by atoms with Gasteiger partial charge in [0.1, 0.15) is 5.56 Å². The number of rotatable bonds is 5. The molecule has 0 atom stereocenters. The zero-order valence-electron chi connectivity index (χ0n) is 16.3. The SMILES string of the molecule is Cc1cc(Br)ccc1NC(=O)COC(=O)c1cnn(-c2ccc(C(F)(F)F)cn2)c1C. The van der Waals surface area contributed by atoms with Crippen LogP contribution in [0.3, 0.4) is 0 Å². The summed E-state index contributed by atoms with van der Waals surface area (Å²) in [6.45, 7) is 2.84. The molecule has 1 aromatic carbocycles. The number of nitrogens with one attached hydrogen (secondary N) is 1. The van der Waals surface area contributed by atoms with Gasteiger partial charge in [-0.05, 0) is 49.7 Å². The minimum Gasteiger partial charge on any atom is -0.452 e. The molecule has 0 unspecified atom stereocenters. The molecule has 0 aliphatic heterocycles. The summed E-state index contributed by atoms with van der Waals surface area (Å²) in [5.41, 5.74) is 0.889. The maximum absolute atomic E-state index is 12.7. The predicted molar refractivity (Wildman–Crippen MR) is 109 cm³/mol. The smallest absolute Gasteiger partial charge is 0.417 e. The Bertz CT molecular complexity index is 1130. The number of ether oxygens (including phenoxy) is 1. The first-order chi connectivity index (χ1) is 14.6. The average molecular weight is 497 g/mol. The second kappa shape index (κ2) is 8.88. The van der Waals surface area contributed by atoms with Gasteiger partial charge in [-0.3, -0.25) is 4.79 Å². The molecule has 2 heterocycles. The van der Waals surface area contributed by atoms with Crippen molar-refractivity contribution in [3.63, 3.8) is 0 Å². The van der Waals surface area contributed by atoms with Crippen molar-refractivity contribution in [2.45, 2.75) is 20.0 Å². The fraction of sp³-hybridized carbons (Fsp3) is 0.200. The Morgan fingerprint density at radius 2 is 1.90 bits per heavy atom. The lowest BCUT2D eigenvalue weighted by molar-refractivity contribution is -0.137. The molecule has 11 heteroatoms. The first-order valence-corrected chi connectivity index (χ1v) is 9.67. The highest BCUT2D eigenvalue weighted by Crippen LogP contribution is 2.29. The fourth-order valence-electron chi connectivity index (χ4n) is 2.68. The van der Waals surface area contributed by atoms with E-state index < -0.39 is 30.2 Å². The normalized spacial score (nSPS) is 11.3. The number of benzene rings is 1. The summed E-state index contributed by atoms with van der Waals surface area (Å²) < 4.78 is 45.2. The van der Waals surface area contributed by atoms with Crippen molar-refractivity contribution in [2.24, 2.45) is 0 Å². The molecule has 7 nitrogen and oxygen atoms in total. The number of nitrogens with zero attached hydrogens (tertiary/aromatic N) is 3. The van der Waals surface area contributed by atoms with E-state index in [1.54, 1.807) is 12.1 Å². The van der Waals surface area contributed by atoms with Crippen molar-refractivity contribution in [1.29, 1.82) is 0 Å². The number of amides is 1. The van der Waals surface area contributed by atoms with Gasteiger partial charge < -0.3 is 10.1 Å². The van der Waals surface area contributed by atoms with E-state index >= 15 is 0 Å². The fourth-order valence-corrected chi connectivity index (χ4v) is 3.16. The summed E-state index contributed by atoms with van der Waals surface area (Å²) in [4.78, 5) is 28.2. The molecule has 1 N–H and O–H groups in total. The topological polar surface area (TPSA) is 86.1 Å². The third kappa shape index (κ3) is 5.29. The summed E-state index contributed by atoms with van der Waals surface area (Å²) >= 11 is 3.33. The van der Waals surface area contributed by atoms with Crippen LogP contribution in [0.15, 0.2) is 47.2 Å². The number of aryl methyl sites for hydroxylation is 1. The molecular weight excluding hydrogens is 481 g/mol. The van der Waals surface area contributed by atoms with E-state index in [1.165, 1.54) is 17.8 Å². The average Bonchev–Trinajstić information content (AvgIpc) is 3.09. The van der Waals surface area contributed by atoms with Gasteiger partial charge in [0.05, 0.1) is 17.5 Å². The summed E-state index contributed by atoms with van der Waals surface area (Å²) in [7, 11) is 0. The van der Waals surface area contributed by atoms with Crippen molar-refractivity contribution in [3.05, 3.63) is 69.6 Å². The highest BCUT2D eigenvalue weighted by atomic mass is 79.9. The highest BCUT2D eigenvalue weighted by Gasteiger charge is 2.31. The van der Waals surface area contributed by atoms with Crippen LogP contribution >= 0.6 is 15.9 Å². The van der Waals surface area contributed by atoms with E-state index in [9.17, 15) is 22.8 Å². The van der Waals surface area contributed by atoms with Gasteiger partial charge in [-0.25, -0.2) is 14.5 Å². The lowest BCUT2D eigenvalue weighted by Gasteiger charge is -2.10. The Morgan fingerprint density at radius 1 is 1.16 bits per heavy atom. The number of esters is 1. The molecule has 0 spiro atoms. The molecule has 0 aliphatic carbocycles. The van der Waals surface area contributed by atoms with Gasteiger partial charge in [-0.2, -0.15) is 18.3 Å². The standard InChI is InChI=1S/C20H16BrF3N4O3/c1-11-7-14(21)4-5-16(11)27-18(29)10-31-19(30)15-9-26-28(12(15)2)17-6-3-13(8-25-17)20(22,23)24/h3-9H,10H2,1-2H3,(H,27,29). The summed E-state index contributed by atoms with van der Waals surface area (Å²) in [6, 6.07) is 7.32. The Labute approximate surface area is 183 Å². The summed E-state index contributed by atoms with van der Waals surface area (Å²) in [5.74, 6) is -1.21. The van der Waals surface area contributed by atoms with Gasteiger partial charge in [-0.1, -0.05) is 15.9 Å². The van der Waals surface area contributed by atoms with E-state index in [4.69, 9.17) is 4.74 Å². The third-order valence-electron chi connectivity index (χ3n) is 4.32. The zero-order valence-corrected chi connectivity index (χ0v) is 17.9. The molecule has 0 fully saturated rings. The molecule has 31 heavy (non-hydrogen) atoms. The molecule has 3 aromatic rings. The Morgan fingerprint density at radius 3 is 2.52 bits per heavy atom. The van der Waals surface area contributed by atoms with Gasteiger partial charge >= 0.3 is 12.1 Å². The van der Waals surface area contributed by atoms with E-state index in [1.807, 2.05) is 13.0 Å². The lowest BCUT2D eigenvalue weighted by atomic mass is 10.2. The summed E-state index contributed by atoms with van der Waals surface area (Å²) in [6.07, 6.45) is -2.62.